The summed E-state index contributed by atoms with van der Waals surface area (Å²) in [6, 6.07) is 16.0. The van der Waals surface area contributed by atoms with Crippen LogP contribution in [0.4, 0.5) is 0 Å². The maximum absolute atomic E-state index is 12.3. The fourth-order valence-electron chi connectivity index (χ4n) is 2.95. The monoisotopic (exact) mass is 374 g/mol. The summed E-state index contributed by atoms with van der Waals surface area (Å²) in [6.07, 6.45) is 0.957. The summed E-state index contributed by atoms with van der Waals surface area (Å²) in [5.74, 6) is 0.910. The lowest BCUT2D eigenvalue weighted by Gasteiger charge is -2.16. The highest BCUT2D eigenvalue weighted by atomic mass is 35.5. The zero-order chi connectivity index (χ0) is 17.6. The minimum atomic E-state index is -0.0341. The summed E-state index contributed by atoms with van der Waals surface area (Å²) in [6.45, 7) is 2.07. The largest absolute Gasteiger partial charge is 0.484 e. The van der Waals surface area contributed by atoms with E-state index in [0.717, 1.165) is 13.0 Å². The van der Waals surface area contributed by atoms with E-state index in [-0.39, 0.29) is 30.7 Å². The molecule has 0 radical (unpaired) electrons. The summed E-state index contributed by atoms with van der Waals surface area (Å²) < 4.78 is 5.56. The second-order valence-corrected chi connectivity index (χ2v) is 6.24. The number of ether oxygens (including phenoxy) is 1. The summed E-state index contributed by atoms with van der Waals surface area (Å²) in [4.78, 5) is 26.3. The Hall–Kier alpha value is -2.37. The van der Waals surface area contributed by atoms with Gasteiger partial charge in [-0.2, -0.15) is 0 Å². The molecule has 1 heterocycles. The summed E-state index contributed by atoms with van der Waals surface area (Å²) in [7, 11) is 0. The zero-order valence-electron chi connectivity index (χ0n) is 14.5. The first-order chi connectivity index (χ1) is 12.2. The zero-order valence-corrected chi connectivity index (χ0v) is 15.3. The van der Waals surface area contributed by atoms with Gasteiger partial charge in [-0.3, -0.25) is 9.59 Å². The molecule has 1 amide bonds. The second kappa shape index (κ2) is 9.36. The van der Waals surface area contributed by atoms with Gasteiger partial charge in [0.05, 0.1) is 0 Å². The van der Waals surface area contributed by atoms with Crippen LogP contribution in [0.2, 0.25) is 0 Å². The smallest absolute Gasteiger partial charge is 0.260 e. The van der Waals surface area contributed by atoms with Crippen LogP contribution in [0.5, 0.6) is 5.75 Å². The lowest BCUT2D eigenvalue weighted by Crippen LogP contribution is -2.33. The predicted molar refractivity (Wildman–Crippen MR) is 103 cm³/mol. The Labute approximate surface area is 159 Å². The van der Waals surface area contributed by atoms with Gasteiger partial charge >= 0.3 is 0 Å². The van der Waals surface area contributed by atoms with E-state index >= 15 is 0 Å². The number of carbonyl (C=O) groups excluding carboxylic acids is 2. The number of nitrogens with zero attached hydrogens (tertiary/aromatic N) is 1. The van der Waals surface area contributed by atoms with Crippen molar-refractivity contribution in [3.05, 3.63) is 65.7 Å². The lowest BCUT2D eigenvalue weighted by atomic mass is 10.0. The topological polar surface area (TPSA) is 72.6 Å². The average molecular weight is 375 g/mol. The molecule has 1 unspecified atom stereocenters. The number of halogens is 1. The maximum Gasteiger partial charge on any atom is 0.260 e. The van der Waals surface area contributed by atoms with E-state index in [4.69, 9.17) is 10.5 Å². The number of nitrogens with two attached hydrogens (primary N) is 1. The van der Waals surface area contributed by atoms with Crippen molar-refractivity contribution >= 4 is 24.1 Å². The van der Waals surface area contributed by atoms with Gasteiger partial charge in [0.1, 0.15) is 5.75 Å². The highest BCUT2D eigenvalue weighted by Crippen LogP contribution is 2.17. The molecule has 2 aromatic carbocycles. The molecular formula is C20H23ClN2O3. The quantitative estimate of drug-likeness (QED) is 0.788. The van der Waals surface area contributed by atoms with E-state index in [0.29, 0.717) is 35.9 Å². The second-order valence-electron chi connectivity index (χ2n) is 6.24. The molecular weight excluding hydrogens is 352 g/mol. The molecule has 0 aliphatic carbocycles. The fourth-order valence-corrected chi connectivity index (χ4v) is 2.95. The van der Waals surface area contributed by atoms with E-state index in [9.17, 15) is 9.59 Å². The molecule has 1 aliphatic heterocycles. The van der Waals surface area contributed by atoms with E-state index in [1.807, 2.05) is 18.2 Å². The molecule has 5 nitrogen and oxygen atoms in total. The van der Waals surface area contributed by atoms with Crippen LogP contribution >= 0.6 is 12.4 Å². The standard InChI is InChI=1S/C20H22N2O3.ClH/c21-12-15-10-11-22(13-15)19(23)14-25-18-8-6-17(7-9-18)20(24)16-4-2-1-3-5-16;/h1-9,15H,10-14,21H2;1H. The van der Waals surface area contributed by atoms with E-state index in [1.165, 1.54) is 0 Å². The molecule has 1 aliphatic rings. The third kappa shape index (κ3) is 4.84. The van der Waals surface area contributed by atoms with Crippen molar-refractivity contribution in [1.82, 2.24) is 4.90 Å². The van der Waals surface area contributed by atoms with Crippen LogP contribution in [-0.4, -0.2) is 42.8 Å². The van der Waals surface area contributed by atoms with Gasteiger partial charge in [-0.05, 0) is 43.1 Å². The number of carbonyl (C=O) groups is 2. The highest BCUT2D eigenvalue weighted by molar-refractivity contribution is 6.08. The summed E-state index contributed by atoms with van der Waals surface area (Å²) in [5, 5.41) is 0. The molecule has 1 atom stereocenters. The Bertz CT molecular complexity index is 734. The van der Waals surface area contributed by atoms with Crippen LogP contribution in [0.25, 0.3) is 0 Å². The van der Waals surface area contributed by atoms with Gasteiger partial charge in [0.15, 0.2) is 12.4 Å². The van der Waals surface area contributed by atoms with Crippen LogP contribution in [0.15, 0.2) is 54.6 Å². The molecule has 0 aromatic heterocycles. The number of rotatable bonds is 6. The van der Waals surface area contributed by atoms with Crippen molar-refractivity contribution in [2.45, 2.75) is 6.42 Å². The molecule has 138 valence electrons. The Morgan fingerprint density at radius 3 is 2.31 bits per heavy atom. The average Bonchev–Trinajstić information content (AvgIpc) is 3.16. The molecule has 3 rings (SSSR count). The first kappa shape index (κ1) is 19.9. The molecule has 2 aromatic rings. The lowest BCUT2D eigenvalue weighted by molar-refractivity contribution is -0.132. The maximum atomic E-state index is 12.3. The highest BCUT2D eigenvalue weighted by Gasteiger charge is 2.25. The third-order valence-electron chi connectivity index (χ3n) is 4.49. The molecule has 0 spiro atoms. The first-order valence-electron chi connectivity index (χ1n) is 8.48. The fraction of sp³-hybridized carbons (Fsp3) is 0.300. The minimum Gasteiger partial charge on any atom is -0.484 e. The number of likely N-dealkylation sites (tertiary alicyclic amines) is 1. The van der Waals surface area contributed by atoms with Gasteiger partial charge in [-0.1, -0.05) is 30.3 Å². The van der Waals surface area contributed by atoms with Crippen molar-refractivity contribution in [3.63, 3.8) is 0 Å². The van der Waals surface area contributed by atoms with E-state index < -0.39 is 0 Å². The van der Waals surface area contributed by atoms with Gasteiger partial charge in [-0.25, -0.2) is 0 Å². The summed E-state index contributed by atoms with van der Waals surface area (Å²) in [5.41, 5.74) is 6.89. The Kier molecular flexibility index (Phi) is 7.18. The van der Waals surface area contributed by atoms with E-state index in [2.05, 4.69) is 0 Å². The molecule has 0 saturated carbocycles. The van der Waals surface area contributed by atoms with Gasteiger partial charge in [0.2, 0.25) is 0 Å². The molecule has 26 heavy (non-hydrogen) atoms. The van der Waals surface area contributed by atoms with Crippen LogP contribution < -0.4 is 10.5 Å². The molecule has 6 heteroatoms. The normalized spacial score (nSPS) is 16.0. The Balaban J connectivity index is 0.00000243. The van der Waals surface area contributed by atoms with Crippen LogP contribution in [0.1, 0.15) is 22.3 Å². The van der Waals surface area contributed by atoms with Crippen molar-refractivity contribution in [3.8, 4) is 5.75 Å². The van der Waals surface area contributed by atoms with Crippen molar-refractivity contribution in [2.24, 2.45) is 11.7 Å². The molecule has 0 bridgehead atoms. The van der Waals surface area contributed by atoms with Gasteiger partial charge in [0, 0.05) is 24.2 Å². The minimum absolute atomic E-state index is 0. The predicted octanol–water partition coefficient (Wildman–Crippen LogP) is 2.53. The summed E-state index contributed by atoms with van der Waals surface area (Å²) >= 11 is 0. The van der Waals surface area contributed by atoms with Crippen molar-refractivity contribution < 1.29 is 14.3 Å². The SMILES string of the molecule is Cl.NCC1CCN(C(=O)COc2ccc(C(=O)c3ccccc3)cc2)C1. The van der Waals surface area contributed by atoms with Gasteiger partial charge < -0.3 is 15.4 Å². The van der Waals surface area contributed by atoms with Gasteiger partial charge in [0.25, 0.3) is 5.91 Å². The first-order valence-corrected chi connectivity index (χ1v) is 8.48. The van der Waals surface area contributed by atoms with Crippen molar-refractivity contribution in [1.29, 1.82) is 0 Å². The number of hydrogen-bond acceptors (Lipinski definition) is 4. The van der Waals surface area contributed by atoms with Crippen LogP contribution in [-0.2, 0) is 4.79 Å². The molecule has 1 fully saturated rings. The number of amides is 1. The number of benzene rings is 2. The third-order valence-corrected chi connectivity index (χ3v) is 4.49. The van der Waals surface area contributed by atoms with Gasteiger partial charge in [-0.15, -0.1) is 12.4 Å². The molecule has 2 N–H and O–H groups in total. The number of ketones is 1. The molecule has 1 saturated heterocycles. The van der Waals surface area contributed by atoms with E-state index in [1.54, 1.807) is 41.3 Å². The Morgan fingerprint density at radius 1 is 1.04 bits per heavy atom. The Morgan fingerprint density at radius 2 is 1.69 bits per heavy atom. The number of hydrogen-bond donors (Lipinski definition) is 1. The van der Waals surface area contributed by atoms with Crippen LogP contribution in [0, 0.1) is 5.92 Å². The van der Waals surface area contributed by atoms with Crippen molar-refractivity contribution in [2.75, 3.05) is 26.2 Å². The van der Waals surface area contributed by atoms with Crippen LogP contribution in [0.3, 0.4) is 0 Å².